The predicted molar refractivity (Wildman–Crippen MR) is 92.1 cm³/mol. The van der Waals surface area contributed by atoms with E-state index in [0.29, 0.717) is 27.9 Å². The minimum Gasteiger partial charge on any atom is -0.466 e. The Kier molecular flexibility index (Phi) is 3.81. The number of urea groups is 1. The highest BCUT2D eigenvalue weighted by Gasteiger charge is 2.51. The SMILES string of the molecule is CC1(c2ccco2)NC(=O)N(Cc2coc(-c3cccc(Cl)c3)n2)C1=O. The third kappa shape index (κ3) is 2.66. The number of aromatic nitrogens is 1. The van der Waals surface area contributed by atoms with Gasteiger partial charge >= 0.3 is 6.03 Å². The standard InChI is InChI=1S/C18H14ClN3O4/c1-18(14-6-3-7-25-14)16(23)22(17(24)21-18)9-13-10-26-15(20-13)11-4-2-5-12(19)8-11/h2-8,10H,9H2,1H3,(H,21,24). The highest BCUT2D eigenvalue weighted by atomic mass is 35.5. The van der Waals surface area contributed by atoms with Gasteiger partial charge in [-0.3, -0.25) is 9.69 Å². The molecule has 0 aliphatic carbocycles. The van der Waals surface area contributed by atoms with Crippen molar-refractivity contribution in [1.29, 1.82) is 0 Å². The van der Waals surface area contributed by atoms with Gasteiger partial charge in [-0.1, -0.05) is 17.7 Å². The normalized spacial score (nSPS) is 19.8. The Balaban J connectivity index is 1.56. The van der Waals surface area contributed by atoms with Crippen molar-refractivity contribution in [2.45, 2.75) is 19.0 Å². The molecule has 7 nitrogen and oxygen atoms in total. The number of rotatable bonds is 4. The molecular weight excluding hydrogens is 358 g/mol. The highest BCUT2D eigenvalue weighted by molar-refractivity contribution is 6.30. The van der Waals surface area contributed by atoms with Crippen LogP contribution in [-0.2, 0) is 16.9 Å². The third-order valence-corrected chi connectivity index (χ3v) is 4.47. The number of oxazole rings is 1. The van der Waals surface area contributed by atoms with Gasteiger partial charge in [-0.05, 0) is 37.3 Å². The van der Waals surface area contributed by atoms with Crippen LogP contribution in [0.15, 0.2) is 57.8 Å². The fourth-order valence-corrected chi connectivity index (χ4v) is 3.06. The Morgan fingerprint density at radius 2 is 2.08 bits per heavy atom. The van der Waals surface area contributed by atoms with E-state index in [4.69, 9.17) is 20.4 Å². The third-order valence-electron chi connectivity index (χ3n) is 4.23. The molecule has 0 radical (unpaired) electrons. The summed E-state index contributed by atoms with van der Waals surface area (Å²) in [5.74, 6) is 0.325. The Hall–Kier alpha value is -3.06. The van der Waals surface area contributed by atoms with E-state index in [2.05, 4.69) is 10.3 Å². The van der Waals surface area contributed by atoms with Gasteiger partial charge in [0.05, 0.1) is 18.5 Å². The number of hydrogen-bond acceptors (Lipinski definition) is 5. The molecule has 0 saturated carbocycles. The summed E-state index contributed by atoms with van der Waals surface area (Å²) in [7, 11) is 0. The van der Waals surface area contributed by atoms with Crippen LogP contribution in [0.5, 0.6) is 0 Å². The summed E-state index contributed by atoms with van der Waals surface area (Å²) in [5.41, 5.74) is -0.0753. The Bertz CT molecular complexity index is 982. The smallest absolute Gasteiger partial charge is 0.325 e. The first-order valence-electron chi connectivity index (χ1n) is 7.86. The molecule has 1 unspecified atom stereocenters. The lowest BCUT2D eigenvalue weighted by atomic mass is 9.99. The van der Waals surface area contributed by atoms with Gasteiger partial charge in [-0.2, -0.15) is 0 Å². The number of furan rings is 1. The number of amides is 3. The van der Waals surface area contributed by atoms with Gasteiger partial charge in [0, 0.05) is 10.6 Å². The predicted octanol–water partition coefficient (Wildman–Crippen LogP) is 3.56. The molecule has 3 amide bonds. The Morgan fingerprint density at radius 1 is 1.23 bits per heavy atom. The molecule has 26 heavy (non-hydrogen) atoms. The lowest BCUT2D eigenvalue weighted by Gasteiger charge is -2.18. The summed E-state index contributed by atoms with van der Waals surface area (Å²) < 4.78 is 10.8. The van der Waals surface area contributed by atoms with Crippen molar-refractivity contribution in [2.75, 3.05) is 0 Å². The van der Waals surface area contributed by atoms with E-state index in [-0.39, 0.29) is 6.54 Å². The van der Waals surface area contributed by atoms with Crippen LogP contribution in [-0.4, -0.2) is 21.8 Å². The second-order valence-corrected chi connectivity index (χ2v) is 6.51. The number of nitrogens with zero attached hydrogens (tertiary/aromatic N) is 2. The molecule has 0 bridgehead atoms. The van der Waals surface area contributed by atoms with Crippen LogP contribution >= 0.6 is 11.6 Å². The molecule has 1 fully saturated rings. The van der Waals surface area contributed by atoms with Gasteiger partial charge in [0.15, 0.2) is 5.54 Å². The molecule has 2 aromatic heterocycles. The molecule has 1 saturated heterocycles. The first-order valence-corrected chi connectivity index (χ1v) is 8.23. The van der Waals surface area contributed by atoms with E-state index in [1.807, 2.05) is 6.07 Å². The number of nitrogens with one attached hydrogen (secondary N) is 1. The second kappa shape index (κ2) is 6.03. The van der Waals surface area contributed by atoms with Crippen molar-refractivity contribution in [2.24, 2.45) is 0 Å². The van der Waals surface area contributed by atoms with E-state index in [1.54, 1.807) is 37.3 Å². The molecule has 1 atom stereocenters. The van der Waals surface area contributed by atoms with E-state index in [1.165, 1.54) is 12.5 Å². The van der Waals surface area contributed by atoms with Crippen molar-refractivity contribution in [3.8, 4) is 11.5 Å². The zero-order chi connectivity index (χ0) is 18.3. The number of imide groups is 1. The molecule has 1 aromatic carbocycles. The summed E-state index contributed by atoms with van der Waals surface area (Å²) in [6.45, 7) is 1.59. The zero-order valence-corrected chi connectivity index (χ0v) is 14.5. The first-order chi connectivity index (χ1) is 12.5. The summed E-state index contributed by atoms with van der Waals surface area (Å²) in [6, 6.07) is 9.86. The average molecular weight is 372 g/mol. The molecule has 1 N–H and O–H groups in total. The van der Waals surface area contributed by atoms with Crippen molar-refractivity contribution in [3.63, 3.8) is 0 Å². The van der Waals surface area contributed by atoms with Crippen LogP contribution in [0.3, 0.4) is 0 Å². The quantitative estimate of drug-likeness (QED) is 0.708. The lowest BCUT2D eigenvalue weighted by Crippen LogP contribution is -2.40. The topological polar surface area (TPSA) is 88.6 Å². The fraction of sp³-hybridized carbons (Fsp3) is 0.167. The number of halogens is 1. The first kappa shape index (κ1) is 16.4. The van der Waals surface area contributed by atoms with Crippen LogP contribution in [0.4, 0.5) is 4.79 Å². The van der Waals surface area contributed by atoms with Crippen LogP contribution in [0, 0.1) is 0 Å². The van der Waals surface area contributed by atoms with Crippen LogP contribution in [0.1, 0.15) is 18.4 Å². The van der Waals surface area contributed by atoms with Crippen LogP contribution < -0.4 is 5.32 Å². The van der Waals surface area contributed by atoms with Crippen molar-refractivity contribution < 1.29 is 18.4 Å². The number of carbonyl (C=O) groups is 2. The molecule has 132 valence electrons. The van der Waals surface area contributed by atoms with Gasteiger partial charge in [-0.15, -0.1) is 0 Å². The number of hydrogen-bond donors (Lipinski definition) is 1. The van der Waals surface area contributed by atoms with Gasteiger partial charge in [0.1, 0.15) is 12.0 Å². The van der Waals surface area contributed by atoms with Crippen molar-refractivity contribution in [3.05, 3.63) is 65.4 Å². The average Bonchev–Trinajstić information content (AvgIpc) is 3.34. The molecule has 3 aromatic rings. The van der Waals surface area contributed by atoms with E-state index in [9.17, 15) is 9.59 Å². The maximum absolute atomic E-state index is 12.8. The minimum absolute atomic E-state index is 0.00890. The molecule has 3 heterocycles. The molecule has 0 spiro atoms. The van der Waals surface area contributed by atoms with Gasteiger partial charge in [-0.25, -0.2) is 9.78 Å². The summed E-state index contributed by atoms with van der Waals surface area (Å²) in [5, 5.41) is 3.23. The molecular formula is C18H14ClN3O4. The number of carbonyl (C=O) groups excluding carboxylic acids is 2. The fourth-order valence-electron chi connectivity index (χ4n) is 2.87. The Morgan fingerprint density at radius 3 is 2.81 bits per heavy atom. The van der Waals surface area contributed by atoms with Crippen molar-refractivity contribution >= 4 is 23.5 Å². The highest BCUT2D eigenvalue weighted by Crippen LogP contribution is 2.30. The van der Waals surface area contributed by atoms with E-state index < -0.39 is 17.5 Å². The lowest BCUT2D eigenvalue weighted by molar-refractivity contribution is -0.132. The molecule has 8 heteroatoms. The second-order valence-electron chi connectivity index (χ2n) is 6.08. The maximum atomic E-state index is 12.8. The maximum Gasteiger partial charge on any atom is 0.325 e. The van der Waals surface area contributed by atoms with Gasteiger partial charge in [0.25, 0.3) is 5.91 Å². The largest absolute Gasteiger partial charge is 0.466 e. The Labute approximate surface area is 153 Å². The summed E-state index contributed by atoms with van der Waals surface area (Å²) in [6.07, 6.45) is 2.87. The van der Waals surface area contributed by atoms with E-state index >= 15 is 0 Å². The van der Waals surface area contributed by atoms with Crippen LogP contribution in [0.25, 0.3) is 11.5 Å². The molecule has 1 aliphatic heterocycles. The molecule has 4 rings (SSSR count). The number of benzene rings is 1. The minimum atomic E-state index is -1.24. The van der Waals surface area contributed by atoms with Gasteiger partial charge < -0.3 is 14.2 Å². The van der Waals surface area contributed by atoms with Crippen LogP contribution in [0.2, 0.25) is 5.02 Å². The molecule has 1 aliphatic rings. The van der Waals surface area contributed by atoms with Crippen molar-refractivity contribution in [1.82, 2.24) is 15.2 Å². The monoisotopic (exact) mass is 371 g/mol. The zero-order valence-electron chi connectivity index (χ0n) is 13.7. The van der Waals surface area contributed by atoms with E-state index in [0.717, 1.165) is 4.90 Å². The summed E-state index contributed by atoms with van der Waals surface area (Å²) in [4.78, 5) is 30.5. The van der Waals surface area contributed by atoms with Gasteiger partial charge in [0.2, 0.25) is 5.89 Å². The summed E-state index contributed by atoms with van der Waals surface area (Å²) >= 11 is 5.97.